The predicted octanol–water partition coefficient (Wildman–Crippen LogP) is 3.19. The summed E-state index contributed by atoms with van der Waals surface area (Å²) in [5.74, 6) is 1.46. The van der Waals surface area contributed by atoms with Gasteiger partial charge in [-0.3, -0.25) is 4.79 Å². The molecule has 0 saturated heterocycles. The smallest absolute Gasteiger partial charge is 0.235 e. The van der Waals surface area contributed by atoms with Gasteiger partial charge in [-0.1, -0.05) is 25.0 Å². The highest BCUT2D eigenvalue weighted by Gasteiger charge is 2.43. The molecular formula is C22H23N5O3. The third-order valence-corrected chi connectivity index (χ3v) is 6.07. The number of hydrogen-bond acceptors (Lipinski definition) is 6. The molecule has 1 aliphatic heterocycles. The Labute approximate surface area is 174 Å². The van der Waals surface area contributed by atoms with Crippen LogP contribution in [0.5, 0.6) is 11.5 Å². The number of nitrogens with zero attached hydrogens (tertiary/aromatic N) is 4. The number of hydrogen-bond donors (Lipinski definition) is 1. The Bertz CT molecular complexity index is 1070. The van der Waals surface area contributed by atoms with E-state index < -0.39 is 5.41 Å². The average molecular weight is 405 g/mol. The Balaban J connectivity index is 1.47. The van der Waals surface area contributed by atoms with Gasteiger partial charge in [-0.25, -0.2) is 4.68 Å². The van der Waals surface area contributed by atoms with Gasteiger partial charge >= 0.3 is 0 Å². The fraction of sp³-hybridized carbons (Fsp3) is 0.364. The maximum absolute atomic E-state index is 13.6. The summed E-state index contributed by atoms with van der Waals surface area (Å²) >= 11 is 0. The molecule has 1 aliphatic carbocycles. The number of fused-ring (bicyclic) bond motifs is 1. The van der Waals surface area contributed by atoms with E-state index in [1.807, 2.05) is 43.3 Å². The number of aromatic nitrogens is 4. The molecule has 2 aliphatic rings. The van der Waals surface area contributed by atoms with Crippen molar-refractivity contribution < 1.29 is 14.3 Å². The molecule has 0 atom stereocenters. The van der Waals surface area contributed by atoms with Gasteiger partial charge in [0.05, 0.1) is 11.1 Å². The molecule has 1 N–H and O–H groups in total. The third kappa shape index (κ3) is 3.18. The lowest BCUT2D eigenvalue weighted by atomic mass is 9.77. The molecule has 30 heavy (non-hydrogen) atoms. The van der Waals surface area contributed by atoms with Crippen LogP contribution >= 0.6 is 0 Å². The van der Waals surface area contributed by atoms with Crippen LogP contribution in [0.4, 0.5) is 5.69 Å². The van der Waals surface area contributed by atoms with Crippen molar-refractivity contribution >= 4 is 11.6 Å². The Kier molecular flexibility index (Phi) is 4.61. The summed E-state index contributed by atoms with van der Waals surface area (Å²) in [6.07, 6.45) is 5.19. The number of carbonyl (C=O) groups excluding carboxylic acids is 1. The van der Waals surface area contributed by atoms with Crippen LogP contribution in [0.15, 0.2) is 42.7 Å². The van der Waals surface area contributed by atoms with Gasteiger partial charge in [-0.15, -0.1) is 5.10 Å². The number of rotatable bonds is 4. The van der Waals surface area contributed by atoms with Crippen molar-refractivity contribution in [1.29, 1.82) is 0 Å². The zero-order valence-electron chi connectivity index (χ0n) is 16.8. The highest BCUT2D eigenvalue weighted by atomic mass is 16.6. The van der Waals surface area contributed by atoms with Crippen molar-refractivity contribution in [3.63, 3.8) is 0 Å². The number of aryl methyl sites for hydroxylation is 1. The minimum absolute atomic E-state index is 0.00800. The Morgan fingerprint density at radius 2 is 1.87 bits per heavy atom. The summed E-state index contributed by atoms with van der Waals surface area (Å²) < 4.78 is 13.0. The Hall–Kier alpha value is -3.42. The lowest BCUT2D eigenvalue weighted by molar-refractivity contribution is -0.121. The summed E-state index contributed by atoms with van der Waals surface area (Å²) in [6.45, 7) is 3.05. The lowest BCUT2D eigenvalue weighted by Gasteiger charge is -2.30. The molecule has 1 fully saturated rings. The average Bonchev–Trinajstić information content (AvgIpc) is 3.48. The molecule has 2 heterocycles. The van der Waals surface area contributed by atoms with E-state index in [0.29, 0.717) is 13.2 Å². The van der Waals surface area contributed by atoms with Crippen molar-refractivity contribution in [3.8, 4) is 17.2 Å². The molecule has 0 unspecified atom stereocenters. The first-order valence-corrected chi connectivity index (χ1v) is 10.2. The van der Waals surface area contributed by atoms with Crippen molar-refractivity contribution in [2.45, 2.75) is 38.0 Å². The summed E-state index contributed by atoms with van der Waals surface area (Å²) in [5.41, 5.74) is 2.94. The van der Waals surface area contributed by atoms with Crippen molar-refractivity contribution in [2.75, 3.05) is 18.5 Å². The van der Waals surface area contributed by atoms with E-state index in [0.717, 1.165) is 59.7 Å². The molecule has 0 radical (unpaired) electrons. The van der Waals surface area contributed by atoms with E-state index >= 15 is 0 Å². The first kappa shape index (κ1) is 18.6. The van der Waals surface area contributed by atoms with Crippen molar-refractivity contribution in [1.82, 2.24) is 20.2 Å². The Morgan fingerprint density at radius 3 is 2.63 bits per heavy atom. The standard InChI is InChI=1S/C22H23N5O3/c1-15-4-6-17(27-14-23-25-26-27)13-18(15)24-21(28)22(8-2-3-9-22)16-5-7-19-20(12-16)30-11-10-29-19/h4-7,12-14H,2-3,8-11H2,1H3,(H,24,28). The molecule has 3 aromatic rings. The van der Waals surface area contributed by atoms with E-state index in [-0.39, 0.29) is 5.91 Å². The molecule has 1 amide bonds. The predicted molar refractivity (Wildman–Crippen MR) is 110 cm³/mol. The zero-order chi connectivity index (χ0) is 20.6. The molecule has 5 rings (SSSR count). The second-order valence-electron chi connectivity index (χ2n) is 7.86. The van der Waals surface area contributed by atoms with Crippen molar-refractivity contribution in [3.05, 3.63) is 53.9 Å². The first-order valence-electron chi connectivity index (χ1n) is 10.2. The number of carbonyl (C=O) groups is 1. The number of nitrogens with one attached hydrogen (secondary N) is 1. The molecule has 1 aromatic heterocycles. The lowest BCUT2D eigenvalue weighted by Crippen LogP contribution is -2.38. The highest BCUT2D eigenvalue weighted by Crippen LogP contribution is 2.45. The number of benzene rings is 2. The Morgan fingerprint density at radius 1 is 1.07 bits per heavy atom. The van der Waals surface area contributed by atoms with Gasteiger partial charge in [-0.2, -0.15) is 0 Å². The van der Waals surface area contributed by atoms with Gasteiger partial charge in [0.1, 0.15) is 19.5 Å². The van der Waals surface area contributed by atoms with E-state index in [2.05, 4.69) is 20.8 Å². The topological polar surface area (TPSA) is 91.2 Å². The second-order valence-corrected chi connectivity index (χ2v) is 7.86. The fourth-order valence-corrected chi connectivity index (χ4v) is 4.38. The molecule has 1 saturated carbocycles. The summed E-state index contributed by atoms with van der Waals surface area (Å²) in [6, 6.07) is 11.7. The van der Waals surface area contributed by atoms with Gasteiger partial charge < -0.3 is 14.8 Å². The second kappa shape index (κ2) is 7.44. The zero-order valence-corrected chi connectivity index (χ0v) is 16.8. The summed E-state index contributed by atoms with van der Waals surface area (Å²) in [4.78, 5) is 13.6. The normalized spacial score (nSPS) is 17.0. The van der Waals surface area contributed by atoms with Crippen LogP contribution in [0.3, 0.4) is 0 Å². The number of amides is 1. The summed E-state index contributed by atoms with van der Waals surface area (Å²) in [5, 5.41) is 14.5. The van der Waals surface area contributed by atoms with Crippen LogP contribution in [0.1, 0.15) is 36.8 Å². The number of tetrazole rings is 1. The monoisotopic (exact) mass is 405 g/mol. The van der Waals surface area contributed by atoms with E-state index in [1.165, 1.54) is 6.33 Å². The van der Waals surface area contributed by atoms with Gasteiger partial charge in [-0.05, 0) is 65.6 Å². The highest BCUT2D eigenvalue weighted by molar-refractivity contribution is 6.00. The molecule has 2 aromatic carbocycles. The minimum Gasteiger partial charge on any atom is -0.486 e. The molecule has 8 nitrogen and oxygen atoms in total. The molecule has 0 bridgehead atoms. The molecule has 8 heteroatoms. The van der Waals surface area contributed by atoms with Crippen LogP contribution in [-0.2, 0) is 10.2 Å². The van der Waals surface area contributed by atoms with Gasteiger partial charge in [0.15, 0.2) is 11.5 Å². The van der Waals surface area contributed by atoms with Crippen LogP contribution in [0, 0.1) is 6.92 Å². The molecule has 0 spiro atoms. The van der Waals surface area contributed by atoms with E-state index in [4.69, 9.17) is 9.47 Å². The van der Waals surface area contributed by atoms with Crippen molar-refractivity contribution in [2.24, 2.45) is 0 Å². The number of ether oxygens (including phenoxy) is 2. The molecular weight excluding hydrogens is 382 g/mol. The third-order valence-electron chi connectivity index (χ3n) is 6.07. The van der Waals surface area contributed by atoms with Crippen LogP contribution in [0.25, 0.3) is 5.69 Å². The SMILES string of the molecule is Cc1ccc(-n2cnnn2)cc1NC(=O)C1(c2ccc3c(c2)OCCO3)CCCC1. The van der Waals surface area contributed by atoms with Gasteiger partial charge in [0.2, 0.25) is 5.91 Å². The molecule has 154 valence electrons. The van der Waals surface area contributed by atoms with Gasteiger partial charge in [0.25, 0.3) is 0 Å². The fourth-order valence-electron chi connectivity index (χ4n) is 4.38. The van der Waals surface area contributed by atoms with Crippen LogP contribution in [0.2, 0.25) is 0 Å². The largest absolute Gasteiger partial charge is 0.486 e. The van der Waals surface area contributed by atoms with E-state index in [1.54, 1.807) is 4.68 Å². The summed E-state index contributed by atoms with van der Waals surface area (Å²) in [7, 11) is 0. The van der Waals surface area contributed by atoms with Crippen LogP contribution < -0.4 is 14.8 Å². The quantitative estimate of drug-likeness (QED) is 0.717. The minimum atomic E-state index is -0.576. The number of anilines is 1. The van der Waals surface area contributed by atoms with Crippen LogP contribution in [-0.4, -0.2) is 39.3 Å². The van der Waals surface area contributed by atoms with E-state index in [9.17, 15) is 4.79 Å². The maximum Gasteiger partial charge on any atom is 0.235 e. The maximum atomic E-state index is 13.6. The van der Waals surface area contributed by atoms with Gasteiger partial charge in [0, 0.05) is 5.69 Å². The first-order chi connectivity index (χ1) is 14.7.